The lowest BCUT2D eigenvalue weighted by atomic mass is 10.1. The van der Waals surface area contributed by atoms with Crippen molar-refractivity contribution in [3.8, 4) is 5.69 Å². The molecule has 0 bridgehead atoms. The van der Waals surface area contributed by atoms with Crippen LogP contribution in [0.1, 0.15) is 23.2 Å². The van der Waals surface area contributed by atoms with Crippen LogP contribution in [0.3, 0.4) is 0 Å². The van der Waals surface area contributed by atoms with Gasteiger partial charge in [-0.2, -0.15) is 18.3 Å². The molecule has 0 fully saturated rings. The first-order chi connectivity index (χ1) is 14.3. The molecule has 0 saturated carbocycles. The molecule has 0 atom stereocenters. The van der Waals surface area contributed by atoms with E-state index >= 15 is 0 Å². The highest BCUT2D eigenvalue weighted by Crippen LogP contribution is 2.30. The van der Waals surface area contributed by atoms with Crippen LogP contribution in [0, 0.1) is 5.82 Å². The third kappa shape index (κ3) is 4.00. The van der Waals surface area contributed by atoms with Crippen molar-refractivity contribution in [3.05, 3.63) is 77.4 Å². The molecule has 5 nitrogen and oxygen atoms in total. The van der Waals surface area contributed by atoms with Crippen LogP contribution in [0.5, 0.6) is 0 Å². The molecule has 0 saturated heterocycles. The van der Waals surface area contributed by atoms with E-state index in [1.807, 2.05) is 0 Å². The lowest BCUT2D eigenvalue weighted by Gasteiger charge is -2.27. The summed E-state index contributed by atoms with van der Waals surface area (Å²) in [6.07, 6.45) is -1.46. The molecule has 1 aliphatic heterocycles. The Labute approximate surface area is 169 Å². The number of aromatic nitrogens is 2. The Morgan fingerprint density at radius 3 is 2.63 bits per heavy atom. The number of rotatable bonds is 3. The maximum Gasteiger partial charge on any atom is 0.416 e. The van der Waals surface area contributed by atoms with Crippen LogP contribution in [0.4, 0.5) is 28.0 Å². The zero-order chi connectivity index (χ0) is 21.3. The molecule has 0 spiro atoms. The number of nitrogens with zero attached hydrogens (tertiary/aromatic N) is 3. The molecule has 0 unspecified atom stereocenters. The molecule has 1 N–H and O–H groups in total. The van der Waals surface area contributed by atoms with Crippen molar-refractivity contribution >= 4 is 11.7 Å². The molecule has 0 aliphatic carbocycles. The first-order valence-electron chi connectivity index (χ1n) is 9.37. The normalized spacial score (nSPS) is 13.8. The molecule has 1 aliphatic rings. The van der Waals surface area contributed by atoms with Crippen LogP contribution in [0.15, 0.2) is 54.7 Å². The lowest BCUT2D eigenvalue weighted by molar-refractivity contribution is -0.137. The van der Waals surface area contributed by atoms with E-state index < -0.39 is 17.8 Å². The molecule has 0 radical (unpaired) electrons. The fourth-order valence-electron chi connectivity index (χ4n) is 3.50. The van der Waals surface area contributed by atoms with E-state index in [4.69, 9.17) is 0 Å². The van der Waals surface area contributed by atoms with Gasteiger partial charge in [-0.15, -0.1) is 0 Å². The van der Waals surface area contributed by atoms with E-state index in [-0.39, 0.29) is 12.4 Å². The van der Waals surface area contributed by atoms with Crippen molar-refractivity contribution in [2.24, 2.45) is 0 Å². The molecule has 30 heavy (non-hydrogen) atoms. The fourth-order valence-corrected chi connectivity index (χ4v) is 3.50. The summed E-state index contributed by atoms with van der Waals surface area (Å²) in [5.74, 6) is -0.352. The second-order valence-corrected chi connectivity index (χ2v) is 6.98. The molecule has 4 rings (SSSR count). The lowest BCUT2D eigenvalue weighted by Crippen LogP contribution is -2.42. The zero-order valence-corrected chi connectivity index (χ0v) is 15.8. The molecule has 9 heteroatoms. The number of carbonyl (C=O) groups is 1. The van der Waals surface area contributed by atoms with E-state index in [0.29, 0.717) is 36.3 Å². The van der Waals surface area contributed by atoms with Crippen molar-refractivity contribution in [1.82, 2.24) is 15.1 Å². The Morgan fingerprint density at radius 1 is 1.13 bits per heavy atom. The quantitative estimate of drug-likeness (QED) is 0.628. The van der Waals surface area contributed by atoms with Crippen LogP contribution < -0.4 is 10.2 Å². The van der Waals surface area contributed by atoms with Crippen molar-refractivity contribution in [1.29, 1.82) is 0 Å². The Hall–Kier alpha value is -3.36. The van der Waals surface area contributed by atoms with Crippen LogP contribution in [0.2, 0.25) is 0 Å². The summed E-state index contributed by atoms with van der Waals surface area (Å²) in [4.78, 5) is 14.2. The number of carbonyl (C=O) groups excluding carboxylic acids is 1. The Kier molecular flexibility index (Phi) is 5.19. The van der Waals surface area contributed by atoms with Crippen molar-refractivity contribution in [3.63, 3.8) is 0 Å². The minimum atomic E-state index is -4.43. The summed E-state index contributed by atoms with van der Waals surface area (Å²) in [6, 6.07) is 10.3. The second-order valence-electron chi connectivity index (χ2n) is 6.98. The van der Waals surface area contributed by atoms with Gasteiger partial charge in [0.1, 0.15) is 5.82 Å². The molecule has 156 valence electrons. The van der Waals surface area contributed by atoms with Crippen LogP contribution in [-0.2, 0) is 19.1 Å². The maximum atomic E-state index is 13.2. The summed E-state index contributed by atoms with van der Waals surface area (Å²) in [5, 5.41) is 7.01. The number of halogens is 4. The number of urea groups is 1. The van der Waals surface area contributed by atoms with Crippen LogP contribution in [-0.4, -0.2) is 22.4 Å². The summed E-state index contributed by atoms with van der Waals surface area (Å²) in [6.45, 7) is 0.442. The number of amides is 2. The fraction of sp³-hybridized carbons (Fsp3) is 0.238. The summed E-state index contributed by atoms with van der Waals surface area (Å²) in [7, 11) is 0. The summed E-state index contributed by atoms with van der Waals surface area (Å²) >= 11 is 0. The number of benzene rings is 2. The van der Waals surface area contributed by atoms with Crippen LogP contribution >= 0.6 is 0 Å². The molecule has 3 aromatic rings. The Morgan fingerprint density at radius 2 is 1.90 bits per heavy atom. The van der Waals surface area contributed by atoms with Gasteiger partial charge in [0.15, 0.2) is 0 Å². The van der Waals surface area contributed by atoms with Gasteiger partial charge in [0.2, 0.25) is 0 Å². The van der Waals surface area contributed by atoms with E-state index in [9.17, 15) is 22.4 Å². The van der Waals surface area contributed by atoms with Gasteiger partial charge in [-0.25, -0.2) is 13.9 Å². The van der Waals surface area contributed by atoms with E-state index in [1.54, 1.807) is 23.0 Å². The predicted octanol–water partition coefficient (Wildman–Crippen LogP) is 4.69. The third-order valence-electron chi connectivity index (χ3n) is 4.95. The van der Waals surface area contributed by atoms with Gasteiger partial charge < -0.3 is 5.32 Å². The van der Waals surface area contributed by atoms with Gasteiger partial charge in [-0.3, -0.25) is 4.90 Å². The molecule has 2 amide bonds. The topological polar surface area (TPSA) is 50.2 Å². The number of nitrogens with one attached hydrogen (secondary N) is 1. The number of fused-ring (bicyclic) bond motifs is 1. The number of hydrogen-bond acceptors (Lipinski definition) is 2. The number of hydrogen-bond donors (Lipinski definition) is 1. The summed E-state index contributed by atoms with van der Waals surface area (Å²) in [5.41, 5.74) is 1.74. The SMILES string of the molecule is O=C(NCc1cccc(C(F)(F)F)c1)N1CCCc2c1cnn2-c1ccc(F)cc1. The van der Waals surface area contributed by atoms with Crippen molar-refractivity contribution < 1.29 is 22.4 Å². The highest BCUT2D eigenvalue weighted by Gasteiger charge is 2.30. The van der Waals surface area contributed by atoms with E-state index in [2.05, 4.69) is 10.4 Å². The van der Waals surface area contributed by atoms with Crippen molar-refractivity contribution in [2.75, 3.05) is 11.4 Å². The Balaban J connectivity index is 1.50. The van der Waals surface area contributed by atoms with Gasteiger partial charge in [0.05, 0.1) is 28.8 Å². The highest BCUT2D eigenvalue weighted by atomic mass is 19.4. The minimum Gasteiger partial charge on any atom is -0.334 e. The molecule has 1 aromatic heterocycles. The number of alkyl halides is 3. The first-order valence-corrected chi connectivity index (χ1v) is 9.37. The minimum absolute atomic E-state index is 0.0271. The molecular formula is C21H18F4N4O. The van der Waals surface area contributed by atoms with Crippen LogP contribution in [0.25, 0.3) is 5.69 Å². The predicted molar refractivity (Wildman–Crippen MR) is 103 cm³/mol. The van der Waals surface area contributed by atoms with E-state index in [1.165, 1.54) is 29.2 Å². The highest BCUT2D eigenvalue weighted by molar-refractivity contribution is 5.93. The number of anilines is 1. The van der Waals surface area contributed by atoms with Gasteiger partial charge in [0, 0.05) is 13.1 Å². The smallest absolute Gasteiger partial charge is 0.334 e. The molecule has 2 heterocycles. The average molecular weight is 418 g/mol. The monoisotopic (exact) mass is 418 g/mol. The summed E-state index contributed by atoms with van der Waals surface area (Å²) < 4.78 is 53.4. The van der Waals surface area contributed by atoms with Gasteiger partial charge in [-0.1, -0.05) is 12.1 Å². The van der Waals surface area contributed by atoms with Gasteiger partial charge in [-0.05, 0) is 54.8 Å². The Bertz CT molecular complexity index is 1060. The zero-order valence-electron chi connectivity index (χ0n) is 15.8. The standard InChI is InChI=1S/C21H18F4N4O/c22-16-6-8-17(9-7-16)29-18-5-2-10-28(19(18)13-27-29)20(30)26-12-14-3-1-4-15(11-14)21(23,24)25/h1,3-4,6-9,11,13H,2,5,10,12H2,(H,26,30). The third-order valence-corrected chi connectivity index (χ3v) is 4.95. The molecular weight excluding hydrogens is 400 g/mol. The van der Waals surface area contributed by atoms with Gasteiger partial charge in [0.25, 0.3) is 0 Å². The van der Waals surface area contributed by atoms with Gasteiger partial charge >= 0.3 is 12.2 Å². The average Bonchev–Trinajstić information content (AvgIpc) is 3.16. The molecule has 2 aromatic carbocycles. The van der Waals surface area contributed by atoms with E-state index in [0.717, 1.165) is 17.8 Å². The first kappa shape index (κ1) is 19.9. The largest absolute Gasteiger partial charge is 0.416 e. The second kappa shape index (κ2) is 7.81. The van der Waals surface area contributed by atoms with Crippen molar-refractivity contribution in [2.45, 2.75) is 25.6 Å². The maximum absolute atomic E-state index is 13.2.